The zero-order valence-electron chi connectivity index (χ0n) is 15.3. The van der Waals surface area contributed by atoms with Crippen LogP contribution in [0.3, 0.4) is 0 Å². The molecule has 1 saturated heterocycles. The van der Waals surface area contributed by atoms with Gasteiger partial charge in [-0.25, -0.2) is 9.38 Å². The molecule has 2 rings (SSSR count). The van der Waals surface area contributed by atoms with Gasteiger partial charge in [0, 0.05) is 42.7 Å². The van der Waals surface area contributed by atoms with Crippen molar-refractivity contribution < 1.29 is 13.9 Å². The number of nitrogens with one attached hydrogen (secondary N) is 1. The van der Waals surface area contributed by atoms with E-state index in [1.54, 1.807) is 19.2 Å². The molecule has 0 aromatic heterocycles. The second-order valence-corrected chi connectivity index (χ2v) is 6.99. The van der Waals surface area contributed by atoms with Gasteiger partial charge in [0.2, 0.25) is 0 Å². The van der Waals surface area contributed by atoms with Gasteiger partial charge in [-0.3, -0.25) is 0 Å². The number of halogens is 3. The minimum absolute atomic E-state index is 0. The van der Waals surface area contributed by atoms with Gasteiger partial charge in [-0.15, -0.1) is 24.0 Å². The topological polar surface area (TPSA) is 46.1 Å². The van der Waals surface area contributed by atoms with Crippen LogP contribution in [0.1, 0.15) is 18.9 Å². The molecule has 1 fully saturated rings. The molecule has 1 aliphatic heterocycles. The van der Waals surface area contributed by atoms with Crippen molar-refractivity contribution in [2.24, 2.45) is 10.9 Å². The van der Waals surface area contributed by atoms with Crippen LogP contribution < -0.4 is 5.32 Å². The van der Waals surface area contributed by atoms with Crippen molar-refractivity contribution >= 4 is 45.9 Å². The van der Waals surface area contributed by atoms with E-state index in [0.717, 1.165) is 43.1 Å². The number of rotatable bonds is 8. The standard InChI is InChI=1S/C18H27BrFN3O2.HI/c1-3-21-18(22-11-15-10-16(19)4-5-17(15)20)23-7-6-14(12-23)13-25-9-8-24-2;/h4-5,10,14H,3,6-9,11-13H2,1-2H3,(H,21,22);1H. The maximum absolute atomic E-state index is 13.9. The van der Waals surface area contributed by atoms with Crippen molar-refractivity contribution in [1.29, 1.82) is 0 Å². The highest BCUT2D eigenvalue weighted by Gasteiger charge is 2.25. The molecule has 8 heteroatoms. The van der Waals surface area contributed by atoms with E-state index < -0.39 is 0 Å². The van der Waals surface area contributed by atoms with Crippen LogP contribution in [-0.4, -0.2) is 57.4 Å². The Morgan fingerprint density at radius 3 is 2.96 bits per heavy atom. The maximum Gasteiger partial charge on any atom is 0.194 e. The van der Waals surface area contributed by atoms with Crippen molar-refractivity contribution in [3.8, 4) is 0 Å². The van der Waals surface area contributed by atoms with Gasteiger partial charge in [-0.05, 0) is 31.5 Å². The Kier molecular flexibility index (Phi) is 11.7. The number of aliphatic imine (C=N–C) groups is 1. The Balaban J connectivity index is 0.00000338. The largest absolute Gasteiger partial charge is 0.382 e. The number of benzene rings is 1. The molecule has 1 heterocycles. The van der Waals surface area contributed by atoms with Gasteiger partial charge < -0.3 is 19.7 Å². The molecule has 1 atom stereocenters. The Hall–Kier alpha value is -0.450. The minimum atomic E-state index is -0.228. The van der Waals surface area contributed by atoms with Crippen LogP contribution >= 0.6 is 39.9 Å². The minimum Gasteiger partial charge on any atom is -0.382 e. The third-order valence-electron chi connectivity index (χ3n) is 4.11. The summed E-state index contributed by atoms with van der Waals surface area (Å²) in [6.07, 6.45) is 1.07. The second-order valence-electron chi connectivity index (χ2n) is 6.07. The van der Waals surface area contributed by atoms with Gasteiger partial charge in [0.05, 0.1) is 26.4 Å². The molecular weight excluding hydrogens is 516 g/mol. The lowest BCUT2D eigenvalue weighted by atomic mass is 10.1. The van der Waals surface area contributed by atoms with E-state index in [9.17, 15) is 4.39 Å². The van der Waals surface area contributed by atoms with Gasteiger partial charge in [0.1, 0.15) is 5.82 Å². The van der Waals surface area contributed by atoms with Gasteiger partial charge >= 0.3 is 0 Å². The predicted octanol–water partition coefficient (Wildman–Crippen LogP) is 3.66. The first kappa shape index (κ1) is 23.6. The van der Waals surface area contributed by atoms with Crippen LogP contribution in [0.4, 0.5) is 4.39 Å². The SMILES string of the molecule is CCNC(=NCc1cc(Br)ccc1F)N1CCC(COCCOC)C1.I. The smallest absolute Gasteiger partial charge is 0.194 e. The van der Waals surface area contributed by atoms with E-state index in [-0.39, 0.29) is 29.8 Å². The zero-order chi connectivity index (χ0) is 18.1. The summed E-state index contributed by atoms with van der Waals surface area (Å²) in [6, 6.07) is 4.94. The lowest BCUT2D eigenvalue weighted by Gasteiger charge is -2.21. The van der Waals surface area contributed by atoms with Crippen LogP contribution in [0.5, 0.6) is 0 Å². The Morgan fingerprint density at radius 1 is 1.42 bits per heavy atom. The molecular formula is C18H28BrFIN3O2. The molecule has 148 valence electrons. The zero-order valence-corrected chi connectivity index (χ0v) is 19.3. The van der Waals surface area contributed by atoms with Gasteiger partial charge in [0.25, 0.3) is 0 Å². The molecule has 1 N–H and O–H groups in total. The predicted molar refractivity (Wildman–Crippen MR) is 117 cm³/mol. The first-order chi connectivity index (χ1) is 12.1. The summed E-state index contributed by atoms with van der Waals surface area (Å²) in [5.74, 6) is 1.10. The van der Waals surface area contributed by atoms with E-state index in [4.69, 9.17) is 9.47 Å². The molecule has 1 unspecified atom stereocenters. The second kappa shape index (κ2) is 12.9. The van der Waals surface area contributed by atoms with Gasteiger partial charge in [-0.2, -0.15) is 0 Å². The average molecular weight is 544 g/mol. The summed E-state index contributed by atoms with van der Waals surface area (Å²) in [6.45, 7) is 6.97. The maximum atomic E-state index is 13.9. The average Bonchev–Trinajstić information content (AvgIpc) is 3.07. The molecule has 5 nitrogen and oxygen atoms in total. The van der Waals surface area contributed by atoms with E-state index in [1.165, 1.54) is 6.07 Å². The fourth-order valence-corrected chi connectivity index (χ4v) is 3.21. The number of hydrogen-bond acceptors (Lipinski definition) is 3. The van der Waals surface area contributed by atoms with Crippen LogP contribution in [0.15, 0.2) is 27.7 Å². The molecule has 0 radical (unpaired) electrons. The van der Waals surface area contributed by atoms with E-state index in [0.29, 0.717) is 31.2 Å². The highest BCUT2D eigenvalue weighted by atomic mass is 127. The number of guanidine groups is 1. The molecule has 1 aromatic carbocycles. The third-order valence-corrected chi connectivity index (χ3v) is 4.61. The summed E-state index contributed by atoms with van der Waals surface area (Å²) < 4.78 is 25.4. The van der Waals surface area contributed by atoms with Crippen molar-refractivity contribution in [3.63, 3.8) is 0 Å². The molecule has 0 bridgehead atoms. The third kappa shape index (κ3) is 7.66. The van der Waals surface area contributed by atoms with E-state index in [1.807, 2.05) is 6.92 Å². The number of ether oxygens (including phenoxy) is 2. The van der Waals surface area contributed by atoms with Gasteiger partial charge in [-0.1, -0.05) is 15.9 Å². The number of nitrogens with zero attached hydrogens (tertiary/aromatic N) is 2. The van der Waals surface area contributed by atoms with Crippen LogP contribution in [-0.2, 0) is 16.0 Å². The molecule has 0 aliphatic carbocycles. The highest BCUT2D eigenvalue weighted by Crippen LogP contribution is 2.19. The normalized spacial score (nSPS) is 17.3. The molecule has 0 saturated carbocycles. The Labute approximate surface area is 180 Å². The fraction of sp³-hybridized carbons (Fsp3) is 0.611. The van der Waals surface area contributed by atoms with E-state index >= 15 is 0 Å². The first-order valence-corrected chi connectivity index (χ1v) is 9.47. The van der Waals surface area contributed by atoms with Crippen LogP contribution in [0.2, 0.25) is 0 Å². The molecule has 0 amide bonds. The summed E-state index contributed by atoms with van der Waals surface area (Å²) in [5.41, 5.74) is 0.587. The van der Waals surface area contributed by atoms with Gasteiger partial charge in [0.15, 0.2) is 5.96 Å². The Morgan fingerprint density at radius 2 is 2.23 bits per heavy atom. The van der Waals surface area contributed by atoms with Crippen molar-refractivity contribution in [1.82, 2.24) is 10.2 Å². The molecule has 1 aliphatic rings. The van der Waals surface area contributed by atoms with Crippen molar-refractivity contribution in [2.75, 3.05) is 46.6 Å². The number of methoxy groups -OCH3 is 1. The van der Waals surface area contributed by atoms with Crippen molar-refractivity contribution in [3.05, 3.63) is 34.1 Å². The molecule has 1 aromatic rings. The number of hydrogen-bond donors (Lipinski definition) is 1. The van der Waals surface area contributed by atoms with Crippen LogP contribution in [0.25, 0.3) is 0 Å². The highest BCUT2D eigenvalue weighted by molar-refractivity contribution is 14.0. The van der Waals surface area contributed by atoms with E-state index in [2.05, 4.69) is 31.1 Å². The lowest BCUT2D eigenvalue weighted by molar-refractivity contribution is 0.0536. The monoisotopic (exact) mass is 543 g/mol. The Bertz CT molecular complexity index is 577. The molecule has 0 spiro atoms. The lowest BCUT2D eigenvalue weighted by Crippen LogP contribution is -2.40. The number of likely N-dealkylation sites (tertiary alicyclic amines) is 1. The first-order valence-electron chi connectivity index (χ1n) is 8.68. The summed E-state index contributed by atoms with van der Waals surface area (Å²) in [4.78, 5) is 6.85. The van der Waals surface area contributed by atoms with Crippen LogP contribution in [0, 0.1) is 11.7 Å². The summed E-state index contributed by atoms with van der Waals surface area (Å²) in [5, 5.41) is 3.31. The summed E-state index contributed by atoms with van der Waals surface area (Å²) >= 11 is 3.38. The quantitative estimate of drug-likeness (QED) is 0.235. The fourth-order valence-electron chi connectivity index (χ4n) is 2.80. The van der Waals surface area contributed by atoms with Crippen molar-refractivity contribution in [2.45, 2.75) is 19.9 Å². The summed E-state index contributed by atoms with van der Waals surface area (Å²) in [7, 11) is 1.67. The molecule has 26 heavy (non-hydrogen) atoms.